The molecule has 0 aliphatic carbocycles. The molecule has 32 heavy (non-hydrogen) atoms. The first-order chi connectivity index (χ1) is 15.2. The smallest absolute Gasteiger partial charge is 0.338 e. The minimum atomic E-state index is -3.92. The molecule has 0 amide bonds. The van der Waals surface area contributed by atoms with E-state index in [1.807, 2.05) is 24.3 Å². The van der Waals surface area contributed by atoms with Crippen LogP contribution in [0.2, 0.25) is 0 Å². The fraction of sp³-hybridized carbons (Fsp3) is 0.208. The van der Waals surface area contributed by atoms with Crippen molar-refractivity contribution in [1.29, 1.82) is 0 Å². The minimum absolute atomic E-state index is 0.0247. The van der Waals surface area contributed by atoms with E-state index in [1.165, 1.54) is 23.4 Å². The van der Waals surface area contributed by atoms with Crippen LogP contribution in [0.4, 0.5) is 4.39 Å². The Kier molecular flexibility index (Phi) is 7.82. The standard InChI is InChI=1S/C24H23BrFNO4S/c1-3-31-24(28)20-8-4-18(5-9-20)15-27(16-19-6-10-21(25)11-7-19)32(29,30)22-12-13-23(26)17(2)14-22/h4-14H,3,15-16H2,1-2H3. The number of carbonyl (C=O) groups excluding carboxylic acids is 1. The Morgan fingerprint density at radius 3 is 2.06 bits per heavy atom. The summed E-state index contributed by atoms with van der Waals surface area (Å²) in [5.74, 6) is -0.891. The molecule has 3 aromatic carbocycles. The fourth-order valence-electron chi connectivity index (χ4n) is 3.11. The molecule has 0 N–H and O–H groups in total. The molecule has 0 unspecified atom stereocenters. The second-order valence-corrected chi connectivity index (χ2v) is 10.1. The van der Waals surface area contributed by atoms with Crippen LogP contribution in [-0.4, -0.2) is 25.3 Å². The highest BCUT2D eigenvalue weighted by Crippen LogP contribution is 2.24. The van der Waals surface area contributed by atoms with Gasteiger partial charge in [0.05, 0.1) is 17.1 Å². The van der Waals surface area contributed by atoms with Crippen molar-refractivity contribution in [2.24, 2.45) is 0 Å². The molecule has 0 saturated heterocycles. The molecule has 0 aliphatic rings. The number of hydrogen-bond donors (Lipinski definition) is 0. The summed E-state index contributed by atoms with van der Waals surface area (Å²) in [6, 6.07) is 17.8. The molecule has 0 bridgehead atoms. The predicted octanol–water partition coefficient (Wildman–Crippen LogP) is 5.46. The van der Waals surface area contributed by atoms with Crippen molar-refractivity contribution in [3.05, 3.63) is 99.3 Å². The van der Waals surface area contributed by atoms with Crippen LogP contribution in [0.3, 0.4) is 0 Å². The molecule has 0 radical (unpaired) electrons. The third-order valence-electron chi connectivity index (χ3n) is 4.86. The van der Waals surface area contributed by atoms with Gasteiger partial charge < -0.3 is 4.74 Å². The van der Waals surface area contributed by atoms with Gasteiger partial charge in [0, 0.05) is 17.6 Å². The van der Waals surface area contributed by atoms with Crippen molar-refractivity contribution < 1.29 is 22.3 Å². The summed E-state index contributed by atoms with van der Waals surface area (Å²) in [6.45, 7) is 3.75. The molecule has 5 nitrogen and oxygen atoms in total. The highest BCUT2D eigenvalue weighted by molar-refractivity contribution is 9.10. The number of sulfonamides is 1. The maximum atomic E-state index is 13.7. The Bertz CT molecular complexity index is 1200. The van der Waals surface area contributed by atoms with E-state index in [9.17, 15) is 17.6 Å². The van der Waals surface area contributed by atoms with Crippen LogP contribution in [0, 0.1) is 12.7 Å². The van der Waals surface area contributed by atoms with Gasteiger partial charge in [0.2, 0.25) is 10.0 Å². The molecule has 0 aliphatic heterocycles. The van der Waals surface area contributed by atoms with Crippen molar-refractivity contribution in [3.8, 4) is 0 Å². The molecule has 0 aromatic heterocycles. The number of rotatable bonds is 8. The van der Waals surface area contributed by atoms with E-state index in [1.54, 1.807) is 31.2 Å². The zero-order chi connectivity index (χ0) is 23.3. The number of halogens is 2. The van der Waals surface area contributed by atoms with E-state index in [0.717, 1.165) is 16.1 Å². The monoisotopic (exact) mass is 519 g/mol. The van der Waals surface area contributed by atoms with Crippen LogP contribution >= 0.6 is 15.9 Å². The fourth-order valence-corrected chi connectivity index (χ4v) is 4.88. The number of carbonyl (C=O) groups is 1. The molecule has 168 valence electrons. The van der Waals surface area contributed by atoms with Crippen molar-refractivity contribution in [3.63, 3.8) is 0 Å². The second-order valence-electron chi connectivity index (χ2n) is 7.23. The van der Waals surface area contributed by atoms with Gasteiger partial charge in [0.1, 0.15) is 5.82 Å². The molecular weight excluding hydrogens is 497 g/mol. The maximum Gasteiger partial charge on any atom is 0.338 e. The number of benzene rings is 3. The van der Waals surface area contributed by atoms with Crippen molar-refractivity contribution in [2.45, 2.75) is 31.8 Å². The third kappa shape index (κ3) is 5.82. The highest BCUT2D eigenvalue weighted by Gasteiger charge is 2.26. The van der Waals surface area contributed by atoms with Crippen molar-refractivity contribution in [1.82, 2.24) is 4.31 Å². The van der Waals surface area contributed by atoms with E-state index in [-0.39, 0.29) is 30.2 Å². The average molecular weight is 520 g/mol. The highest BCUT2D eigenvalue weighted by atomic mass is 79.9. The molecule has 3 rings (SSSR count). The van der Waals surface area contributed by atoms with Gasteiger partial charge in [0.25, 0.3) is 0 Å². The lowest BCUT2D eigenvalue weighted by Gasteiger charge is -2.23. The molecule has 0 spiro atoms. The Hall–Kier alpha value is -2.55. The Morgan fingerprint density at radius 1 is 0.969 bits per heavy atom. The van der Waals surface area contributed by atoms with E-state index >= 15 is 0 Å². The quantitative estimate of drug-likeness (QED) is 0.370. The first-order valence-corrected chi connectivity index (χ1v) is 12.2. The van der Waals surface area contributed by atoms with Crippen LogP contribution in [0.15, 0.2) is 76.1 Å². The van der Waals surface area contributed by atoms with Crippen molar-refractivity contribution in [2.75, 3.05) is 6.61 Å². The van der Waals surface area contributed by atoms with Gasteiger partial charge in [0.15, 0.2) is 0 Å². The zero-order valence-electron chi connectivity index (χ0n) is 17.7. The minimum Gasteiger partial charge on any atom is -0.462 e. The summed E-state index contributed by atoms with van der Waals surface area (Å²) >= 11 is 3.38. The van der Waals surface area contributed by atoms with Gasteiger partial charge in [-0.05, 0) is 73.0 Å². The summed E-state index contributed by atoms with van der Waals surface area (Å²) < 4.78 is 47.8. The lowest BCUT2D eigenvalue weighted by molar-refractivity contribution is 0.0526. The topological polar surface area (TPSA) is 63.7 Å². The third-order valence-corrected chi connectivity index (χ3v) is 7.18. The second kappa shape index (κ2) is 10.4. The summed E-state index contributed by atoms with van der Waals surface area (Å²) in [7, 11) is -3.92. The van der Waals surface area contributed by atoms with E-state index < -0.39 is 21.8 Å². The predicted molar refractivity (Wildman–Crippen MR) is 124 cm³/mol. The van der Waals surface area contributed by atoms with Crippen molar-refractivity contribution >= 4 is 31.9 Å². The largest absolute Gasteiger partial charge is 0.462 e. The van der Waals surface area contributed by atoms with Crippen LogP contribution in [0.25, 0.3) is 0 Å². The van der Waals surface area contributed by atoms with Gasteiger partial charge in [-0.15, -0.1) is 0 Å². The lowest BCUT2D eigenvalue weighted by Crippen LogP contribution is -2.30. The molecule has 0 fully saturated rings. The Morgan fingerprint density at radius 2 is 1.53 bits per heavy atom. The number of nitrogens with zero attached hydrogens (tertiary/aromatic N) is 1. The van der Waals surface area contributed by atoms with Crippen LogP contribution in [-0.2, 0) is 27.8 Å². The first-order valence-electron chi connectivity index (χ1n) is 9.97. The first kappa shape index (κ1) is 24.1. The van der Waals surface area contributed by atoms with Gasteiger partial charge in [-0.25, -0.2) is 17.6 Å². The number of hydrogen-bond acceptors (Lipinski definition) is 4. The van der Waals surface area contributed by atoms with Crippen LogP contribution in [0.5, 0.6) is 0 Å². The van der Waals surface area contributed by atoms with E-state index in [2.05, 4.69) is 15.9 Å². The number of ether oxygens (including phenoxy) is 1. The van der Waals surface area contributed by atoms with Gasteiger partial charge in [-0.3, -0.25) is 0 Å². The summed E-state index contributed by atoms with van der Waals surface area (Å²) in [6.07, 6.45) is 0. The Labute approximate surface area is 196 Å². The Balaban J connectivity index is 1.94. The van der Waals surface area contributed by atoms with Crippen LogP contribution < -0.4 is 0 Å². The molecule has 0 atom stereocenters. The SMILES string of the molecule is CCOC(=O)c1ccc(CN(Cc2ccc(Br)cc2)S(=O)(=O)c2ccc(F)c(C)c2)cc1. The molecule has 0 saturated carbocycles. The molecule has 3 aromatic rings. The molecule has 8 heteroatoms. The normalized spacial score (nSPS) is 11.5. The number of aryl methyl sites for hydroxylation is 1. The zero-order valence-corrected chi connectivity index (χ0v) is 20.1. The van der Waals surface area contributed by atoms with Gasteiger partial charge in [-0.2, -0.15) is 4.31 Å². The summed E-state index contributed by atoms with van der Waals surface area (Å²) in [4.78, 5) is 11.9. The summed E-state index contributed by atoms with van der Waals surface area (Å²) in [5.41, 5.74) is 2.16. The lowest BCUT2D eigenvalue weighted by atomic mass is 10.1. The van der Waals surface area contributed by atoms with Gasteiger partial charge >= 0.3 is 5.97 Å². The average Bonchev–Trinajstić information content (AvgIpc) is 2.77. The summed E-state index contributed by atoms with van der Waals surface area (Å²) in [5, 5.41) is 0. The van der Waals surface area contributed by atoms with Gasteiger partial charge in [-0.1, -0.05) is 40.2 Å². The molecule has 0 heterocycles. The van der Waals surface area contributed by atoms with E-state index in [0.29, 0.717) is 11.1 Å². The molecular formula is C24H23BrFNO4S. The van der Waals surface area contributed by atoms with Crippen LogP contribution in [0.1, 0.15) is 34.0 Å². The number of esters is 1. The maximum absolute atomic E-state index is 13.7. The van der Waals surface area contributed by atoms with E-state index in [4.69, 9.17) is 4.74 Å².